The molecule has 0 saturated carbocycles. The van der Waals surface area contributed by atoms with Crippen molar-refractivity contribution >= 4 is 11.7 Å². The number of carbonyl (C=O) groups is 1. The summed E-state index contributed by atoms with van der Waals surface area (Å²) < 4.78 is 5.44. The molecule has 5 heteroatoms. The zero-order chi connectivity index (χ0) is 13.2. The van der Waals surface area contributed by atoms with Crippen molar-refractivity contribution in [1.29, 1.82) is 0 Å². The molecule has 0 aliphatic heterocycles. The van der Waals surface area contributed by atoms with Crippen molar-refractivity contribution in [3.63, 3.8) is 0 Å². The molecule has 0 aromatic heterocycles. The predicted octanol–water partition coefficient (Wildman–Crippen LogP) is 1.45. The van der Waals surface area contributed by atoms with Crippen LogP contribution in [0.1, 0.15) is 14.3 Å². The van der Waals surface area contributed by atoms with Gasteiger partial charge in [-0.25, -0.2) is 0 Å². The topological polar surface area (TPSA) is 90.7 Å². The summed E-state index contributed by atoms with van der Waals surface area (Å²) in [7, 11) is 0. The number of amides is 1. The van der Waals surface area contributed by atoms with Gasteiger partial charge in [0.15, 0.2) is 0 Å². The number of aliphatic imine (C=N–C) groups is 1. The van der Waals surface area contributed by atoms with Crippen molar-refractivity contribution in [3.05, 3.63) is 42.6 Å². The smallest absolute Gasteiger partial charge is 0.247 e. The number of nitrogens with zero attached hydrogens (tertiary/aromatic N) is 1. The second kappa shape index (κ2) is 7.89. The molecule has 1 aromatic carbocycles. The third kappa shape index (κ3) is 5.69. The lowest BCUT2D eigenvalue weighted by atomic mass is 10.3. The number of hydrogen-bond acceptors (Lipinski definition) is 3. The first-order valence-corrected chi connectivity index (χ1v) is 5.65. The molecule has 4 N–H and O–H groups in total. The van der Waals surface area contributed by atoms with E-state index in [9.17, 15) is 4.79 Å². The van der Waals surface area contributed by atoms with Gasteiger partial charge in [-0.2, -0.15) is 4.99 Å². The Morgan fingerprint density at radius 2 is 2.11 bits per heavy atom. The molecule has 98 valence electrons. The van der Waals surface area contributed by atoms with E-state index in [1.54, 1.807) is 0 Å². The average Bonchev–Trinajstić information content (AvgIpc) is 2.36. The summed E-state index contributed by atoms with van der Waals surface area (Å²) in [6.07, 6.45) is 3.51. The van der Waals surface area contributed by atoms with Crippen LogP contribution in [0.5, 0.6) is 5.75 Å². The predicted molar refractivity (Wildman–Crippen MR) is 73.2 cm³/mol. The van der Waals surface area contributed by atoms with Gasteiger partial charge in [0.05, 0.1) is 6.61 Å². The average molecular weight is 249 g/mol. The monoisotopic (exact) mass is 249 g/mol. The Morgan fingerprint density at radius 3 is 2.78 bits per heavy atom. The highest BCUT2D eigenvalue weighted by Gasteiger charge is 2.00. The molecule has 1 amide bonds. The van der Waals surface area contributed by atoms with E-state index in [1.807, 2.05) is 30.3 Å². The highest BCUT2D eigenvalue weighted by molar-refractivity contribution is 5.99. The highest BCUT2D eigenvalue weighted by atomic mass is 16.5. The maximum Gasteiger partial charge on any atom is 0.247 e. The van der Waals surface area contributed by atoms with E-state index in [4.69, 9.17) is 16.2 Å². The number of hydrogen-bond donors (Lipinski definition) is 2. The lowest BCUT2D eigenvalue weighted by Crippen LogP contribution is -2.12. The van der Waals surface area contributed by atoms with E-state index in [0.717, 1.165) is 5.75 Å². The summed E-state index contributed by atoms with van der Waals surface area (Å²) in [6, 6.07) is 9.43. The molecule has 0 heterocycles. The van der Waals surface area contributed by atoms with Gasteiger partial charge in [0.1, 0.15) is 11.6 Å². The molecule has 0 radical (unpaired) electrons. The fourth-order valence-corrected chi connectivity index (χ4v) is 1.27. The molecular formula is C13H19N3O2. The third-order valence-electron chi connectivity index (χ3n) is 2.07. The van der Waals surface area contributed by atoms with Gasteiger partial charge in [0, 0.05) is 7.85 Å². The number of ether oxygens (including phenoxy) is 1. The molecular weight excluding hydrogens is 230 g/mol. The molecule has 0 unspecified atom stereocenters. The number of para-hydroxylation sites is 1. The Morgan fingerprint density at radius 1 is 1.39 bits per heavy atom. The second-order valence-corrected chi connectivity index (χ2v) is 3.55. The number of carbonyl (C=O) groups excluding carboxylic acids is 1. The lowest BCUT2D eigenvalue weighted by molar-refractivity contribution is -0.118. The molecule has 0 saturated heterocycles. The molecule has 18 heavy (non-hydrogen) atoms. The van der Waals surface area contributed by atoms with Crippen molar-refractivity contribution in [2.45, 2.75) is 12.8 Å². The normalized spacial score (nSPS) is 11.7. The molecule has 0 spiro atoms. The van der Waals surface area contributed by atoms with Crippen molar-refractivity contribution in [1.82, 2.24) is 0 Å². The first-order valence-electron chi connectivity index (χ1n) is 5.65. The quantitative estimate of drug-likeness (QED) is 0.453. The molecule has 1 aromatic rings. The summed E-state index contributed by atoms with van der Waals surface area (Å²) in [5.41, 5.74) is 10.5. The Kier molecular flexibility index (Phi) is 6.03. The van der Waals surface area contributed by atoms with Gasteiger partial charge in [-0.05, 0) is 30.8 Å². The van der Waals surface area contributed by atoms with Gasteiger partial charge in [-0.15, -0.1) is 0 Å². The summed E-state index contributed by atoms with van der Waals surface area (Å²) >= 11 is 0. The van der Waals surface area contributed by atoms with Gasteiger partial charge < -0.3 is 16.2 Å². The SMILES string of the molecule is N/C=C\C(N)=NC(=O)CCCOc1ccccc1.[HH]. The molecule has 5 nitrogen and oxygen atoms in total. The van der Waals surface area contributed by atoms with Gasteiger partial charge >= 0.3 is 0 Å². The van der Waals surface area contributed by atoms with Gasteiger partial charge in [0.25, 0.3) is 0 Å². The molecule has 0 aliphatic rings. The van der Waals surface area contributed by atoms with Crippen LogP contribution in [0.2, 0.25) is 0 Å². The lowest BCUT2D eigenvalue weighted by Gasteiger charge is -2.04. The Balaban J connectivity index is 0.00000324. The largest absolute Gasteiger partial charge is 0.494 e. The number of rotatable bonds is 6. The minimum Gasteiger partial charge on any atom is -0.494 e. The summed E-state index contributed by atoms with van der Waals surface area (Å²) in [5.74, 6) is 0.632. The number of nitrogens with two attached hydrogens (primary N) is 2. The molecule has 0 bridgehead atoms. The van der Waals surface area contributed by atoms with E-state index < -0.39 is 0 Å². The van der Waals surface area contributed by atoms with Crippen LogP contribution in [-0.4, -0.2) is 18.3 Å². The fraction of sp³-hybridized carbons (Fsp3) is 0.231. The third-order valence-corrected chi connectivity index (χ3v) is 2.07. The second-order valence-electron chi connectivity index (χ2n) is 3.55. The van der Waals surface area contributed by atoms with E-state index in [1.165, 1.54) is 12.3 Å². The van der Waals surface area contributed by atoms with Gasteiger partial charge in [-0.1, -0.05) is 18.2 Å². The van der Waals surface area contributed by atoms with Gasteiger partial charge in [0.2, 0.25) is 5.91 Å². The van der Waals surface area contributed by atoms with Crippen LogP contribution in [0.15, 0.2) is 47.6 Å². The van der Waals surface area contributed by atoms with E-state index in [2.05, 4.69) is 4.99 Å². The number of benzene rings is 1. The molecule has 0 aliphatic carbocycles. The van der Waals surface area contributed by atoms with Crippen LogP contribution in [-0.2, 0) is 4.79 Å². The maximum atomic E-state index is 11.3. The first-order chi connectivity index (χ1) is 8.72. The molecule has 0 fully saturated rings. The van der Waals surface area contributed by atoms with Gasteiger partial charge in [-0.3, -0.25) is 4.79 Å². The maximum absolute atomic E-state index is 11.3. The Hall–Kier alpha value is -2.30. The van der Waals surface area contributed by atoms with Crippen LogP contribution < -0.4 is 16.2 Å². The minimum atomic E-state index is -0.276. The van der Waals surface area contributed by atoms with Crippen molar-refractivity contribution in [2.75, 3.05) is 6.61 Å². The first kappa shape index (κ1) is 13.8. The molecule has 0 atom stereocenters. The molecule has 1 rings (SSSR count). The van der Waals surface area contributed by atoms with E-state index in [-0.39, 0.29) is 13.2 Å². The standard InChI is InChI=1S/C13H17N3O2.H2/c14-9-8-12(15)16-13(17)7-4-10-18-11-5-2-1-3-6-11;/h1-3,5-6,8-9H,4,7,10,14H2,(H2,15,16,17);1H/b9-8-;. The number of amidine groups is 1. The zero-order valence-electron chi connectivity index (χ0n) is 10.1. The highest BCUT2D eigenvalue weighted by Crippen LogP contribution is 2.08. The van der Waals surface area contributed by atoms with E-state index >= 15 is 0 Å². The summed E-state index contributed by atoms with van der Waals surface area (Å²) in [6.45, 7) is 0.470. The Bertz CT molecular complexity index is 433. The zero-order valence-corrected chi connectivity index (χ0v) is 10.1. The van der Waals surface area contributed by atoms with E-state index in [0.29, 0.717) is 19.4 Å². The van der Waals surface area contributed by atoms with Crippen LogP contribution in [0.4, 0.5) is 0 Å². The fourth-order valence-electron chi connectivity index (χ4n) is 1.27. The summed E-state index contributed by atoms with van der Waals surface area (Å²) in [5, 5.41) is 0. The summed E-state index contributed by atoms with van der Waals surface area (Å²) in [4.78, 5) is 15.0. The van der Waals surface area contributed by atoms with Crippen molar-refractivity contribution in [3.8, 4) is 5.75 Å². The minimum absolute atomic E-state index is 0. The van der Waals surface area contributed by atoms with Crippen LogP contribution in [0.25, 0.3) is 0 Å². The van der Waals surface area contributed by atoms with Crippen molar-refractivity contribution < 1.29 is 11.0 Å². The van der Waals surface area contributed by atoms with Crippen LogP contribution in [0.3, 0.4) is 0 Å². The van der Waals surface area contributed by atoms with Crippen LogP contribution in [0, 0.1) is 0 Å². The van der Waals surface area contributed by atoms with Crippen LogP contribution >= 0.6 is 0 Å². The van der Waals surface area contributed by atoms with Crippen molar-refractivity contribution in [2.24, 2.45) is 16.5 Å². The Labute approximate surface area is 108 Å².